The minimum absolute atomic E-state index is 0.0717. The maximum Gasteiger partial charge on any atom is 0.387 e. The second-order valence-electron chi connectivity index (χ2n) is 5.51. The maximum atomic E-state index is 12.1. The van der Waals surface area contributed by atoms with E-state index in [1.165, 1.54) is 24.3 Å². The Bertz CT molecular complexity index is 784. The van der Waals surface area contributed by atoms with E-state index in [0.29, 0.717) is 18.7 Å². The van der Waals surface area contributed by atoms with Gasteiger partial charge in [0.15, 0.2) is 6.61 Å². The Labute approximate surface area is 154 Å². The number of carbonyl (C=O) groups is 2. The standard InChI is InChI=1S/C19H19F2NO5/c1-13-2-5-15(26-13)8-9-18(24)25-12-17(23)22-11-10-14-3-6-16(7-4-14)27-19(20)21/h2-9,19H,10-12H2,1H3,(H,22,23)/b9-8+. The number of esters is 1. The monoisotopic (exact) mass is 379 g/mol. The number of carbonyl (C=O) groups excluding carboxylic acids is 2. The molecule has 0 unspecified atom stereocenters. The number of rotatable bonds is 9. The van der Waals surface area contributed by atoms with Gasteiger partial charge in [-0.2, -0.15) is 8.78 Å². The first-order valence-corrected chi connectivity index (χ1v) is 8.14. The van der Waals surface area contributed by atoms with Gasteiger partial charge < -0.3 is 19.2 Å². The van der Waals surface area contributed by atoms with Crippen LogP contribution in [0.3, 0.4) is 0 Å². The van der Waals surface area contributed by atoms with E-state index < -0.39 is 25.1 Å². The summed E-state index contributed by atoms with van der Waals surface area (Å²) in [4.78, 5) is 23.2. The molecule has 6 nitrogen and oxygen atoms in total. The summed E-state index contributed by atoms with van der Waals surface area (Å²) in [7, 11) is 0. The molecule has 2 rings (SSSR count). The number of aryl methyl sites for hydroxylation is 1. The van der Waals surface area contributed by atoms with Gasteiger partial charge in [0.2, 0.25) is 0 Å². The van der Waals surface area contributed by atoms with Crippen molar-refractivity contribution >= 4 is 18.0 Å². The summed E-state index contributed by atoms with van der Waals surface area (Å²) in [5, 5.41) is 2.60. The van der Waals surface area contributed by atoms with Crippen molar-refractivity contribution in [1.29, 1.82) is 0 Å². The second-order valence-corrected chi connectivity index (χ2v) is 5.51. The average Bonchev–Trinajstić information content (AvgIpc) is 3.04. The molecule has 144 valence electrons. The second kappa shape index (κ2) is 10.1. The van der Waals surface area contributed by atoms with Gasteiger partial charge in [-0.25, -0.2) is 4.79 Å². The van der Waals surface area contributed by atoms with E-state index in [2.05, 4.69) is 10.1 Å². The predicted octanol–water partition coefficient (Wildman–Crippen LogP) is 3.10. The molecule has 1 amide bonds. The van der Waals surface area contributed by atoms with Gasteiger partial charge in [-0.3, -0.25) is 4.79 Å². The fourth-order valence-electron chi connectivity index (χ4n) is 2.11. The molecule has 0 bridgehead atoms. The number of hydrogen-bond acceptors (Lipinski definition) is 5. The summed E-state index contributed by atoms with van der Waals surface area (Å²) in [5.74, 6) is 0.206. The Hall–Kier alpha value is -3.16. The summed E-state index contributed by atoms with van der Waals surface area (Å²) in [5.41, 5.74) is 0.839. The highest BCUT2D eigenvalue weighted by atomic mass is 19.3. The molecule has 0 aliphatic heterocycles. The van der Waals surface area contributed by atoms with E-state index >= 15 is 0 Å². The van der Waals surface area contributed by atoms with Crippen LogP contribution in [0.4, 0.5) is 8.78 Å². The average molecular weight is 379 g/mol. The lowest BCUT2D eigenvalue weighted by Crippen LogP contribution is -2.30. The van der Waals surface area contributed by atoms with E-state index in [1.807, 2.05) is 0 Å². The van der Waals surface area contributed by atoms with Crippen LogP contribution in [0, 0.1) is 6.92 Å². The molecule has 1 heterocycles. The molecule has 0 radical (unpaired) electrons. The van der Waals surface area contributed by atoms with Crippen LogP contribution >= 0.6 is 0 Å². The Morgan fingerprint density at radius 1 is 1.19 bits per heavy atom. The van der Waals surface area contributed by atoms with Crippen molar-refractivity contribution in [2.24, 2.45) is 0 Å². The Morgan fingerprint density at radius 3 is 2.56 bits per heavy atom. The molecule has 1 aromatic heterocycles. The summed E-state index contributed by atoms with van der Waals surface area (Å²) < 4.78 is 38.5. The van der Waals surface area contributed by atoms with Gasteiger partial charge in [-0.05, 0) is 49.2 Å². The summed E-state index contributed by atoms with van der Waals surface area (Å²) >= 11 is 0. The van der Waals surface area contributed by atoms with Crippen molar-refractivity contribution in [1.82, 2.24) is 5.32 Å². The van der Waals surface area contributed by atoms with Crippen molar-refractivity contribution in [3.8, 4) is 5.75 Å². The first-order valence-electron chi connectivity index (χ1n) is 8.14. The smallest absolute Gasteiger partial charge is 0.387 e. The molecule has 2 aromatic rings. The molecule has 0 aliphatic rings. The number of nitrogens with one attached hydrogen (secondary N) is 1. The maximum absolute atomic E-state index is 12.1. The van der Waals surface area contributed by atoms with Gasteiger partial charge in [0.1, 0.15) is 17.3 Å². The normalized spacial score (nSPS) is 11.0. The number of halogens is 2. The van der Waals surface area contributed by atoms with E-state index in [0.717, 1.165) is 11.3 Å². The number of hydrogen-bond donors (Lipinski definition) is 1. The van der Waals surface area contributed by atoms with Gasteiger partial charge in [0.25, 0.3) is 5.91 Å². The number of benzene rings is 1. The first-order chi connectivity index (χ1) is 12.9. The molecule has 0 saturated carbocycles. The van der Waals surface area contributed by atoms with Crippen LogP contribution in [-0.4, -0.2) is 31.6 Å². The number of alkyl halides is 2. The minimum atomic E-state index is -2.86. The molecular weight excluding hydrogens is 360 g/mol. The Morgan fingerprint density at radius 2 is 1.93 bits per heavy atom. The zero-order valence-electron chi connectivity index (χ0n) is 14.6. The number of furan rings is 1. The number of amides is 1. The molecule has 1 N–H and O–H groups in total. The zero-order chi connectivity index (χ0) is 19.6. The van der Waals surface area contributed by atoms with E-state index in [1.54, 1.807) is 31.2 Å². The van der Waals surface area contributed by atoms with Crippen molar-refractivity contribution in [2.45, 2.75) is 20.0 Å². The Kier molecular flexibility index (Phi) is 7.54. The SMILES string of the molecule is Cc1ccc(/C=C/C(=O)OCC(=O)NCCc2ccc(OC(F)F)cc2)o1. The molecule has 8 heteroatoms. The fourth-order valence-corrected chi connectivity index (χ4v) is 2.11. The third-order valence-electron chi connectivity index (χ3n) is 3.37. The quantitative estimate of drug-likeness (QED) is 0.535. The molecule has 1 aromatic carbocycles. The van der Waals surface area contributed by atoms with Crippen LogP contribution in [0.25, 0.3) is 6.08 Å². The van der Waals surface area contributed by atoms with Crippen LogP contribution in [0.15, 0.2) is 46.9 Å². The van der Waals surface area contributed by atoms with Crippen LogP contribution < -0.4 is 10.1 Å². The topological polar surface area (TPSA) is 77.8 Å². The highest BCUT2D eigenvalue weighted by Crippen LogP contribution is 2.15. The van der Waals surface area contributed by atoms with Gasteiger partial charge in [-0.15, -0.1) is 0 Å². The van der Waals surface area contributed by atoms with Crippen LogP contribution in [0.1, 0.15) is 17.1 Å². The van der Waals surface area contributed by atoms with Crippen molar-refractivity contribution < 1.29 is 32.3 Å². The predicted molar refractivity (Wildman–Crippen MR) is 93.2 cm³/mol. The highest BCUT2D eigenvalue weighted by molar-refractivity contribution is 5.88. The lowest BCUT2D eigenvalue weighted by molar-refractivity contribution is -0.143. The third-order valence-corrected chi connectivity index (χ3v) is 3.37. The minimum Gasteiger partial charge on any atom is -0.462 e. The van der Waals surface area contributed by atoms with E-state index in [-0.39, 0.29) is 5.75 Å². The van der Waals surface area contributed by atoms with Gasteiger partial charge in [-0.1, -0.05) is 12.1 Å². The van der Waals surface area contributed by atoms with E-state index in [4.69, 9.17) is 9.15 Å². The van der Waals surface area contributed by atoms with Crippen LogP contribution in [0.5, 0.6) is 5.75 Å². The summed E-state index contributed by atoms with van der Waals surface area (Å²) in [6.45, 7) is -1.17. The summed E-state index contributed by atoms with van der Waals surface area (Å²) in [6, 6.07) is 9.59. The van der Waals surface area contributed by atoms with Gasteiger partial charge >= 0.3 is 12.6 Å². The first kappa shape index (κ1) is 20.2. The molecule has 0 atom stereocenters. The molecule has 0 fully saturated rings. The largest absolute Gasteiger partial charge is 0.462 e. The highest BCUT2D eigenvalue weighted by Gasteiger charge is 2.06. The molecule has 0 spiro atoms. The molecular formula is C19H19F2NO5. The lowest BCUT2D eigenvalue weighted by atomic mass is 10.1. The number of ether oxygens (including phenoxy) is 2. The van der Waals surface area contributed by atoms with Crippen molar-refractivity contribution in [3.05, 3.63) is 59.6 Å². The summed E-state index contributed by atoms with van der Waals surface area (Å²) in [6.07, 6.45) is 3.12. The van der Waals surface area contributed by atoms with Gasteiger partial charge in [0, 0.05) is 12.6 Å². The van der Waals surface area contributed by atoms with Crippen molar-refractivity contribution in [2.75, 3.05) is 13.2 Å². The van der Waals surface area contributed by atoms with E-state index in [9.17, 15) is 18.4 Å². The third kappa shape index (κ3) is 7.72. The lowest BCUT2D eigenvalue weighted by Gasteiger charge is -2.07. The molecule has 0 saturated heterocycles. The zero-order valence-corrected chi connectivity index (χ0v) is 14.6. The van der Waals surface area contributed by atoms with Gasteiger partial charge in [0.05, 0.1) is 0 Å². The van der Waals surface area contributed by atoms with Crippen LogP contribution in [-0.2, 0) is 20.7 Å². The van der Waals surface area contributed by atoms with Crippen molar-refractivity contribution in [3.63, 3.8) is 0 Å². The molecule has 27 heavy (non-hydrogen) atoms. The molecule has 0 aliphatic carbocycles. The fraction of sp³-hybridized carbons (Fsp3) is 0.263. The Balaban J connectivity index is 1.64. The van der Waals surface area contributed by atoms with Crippen LogP contribution in [0.2, 0.25) is 0 Å².